The Labute approximate surface area is 127 Å². The molecular formula is C15H17ClO5. The molecule has 5 nitrogen and oxygen atoms in total. The lowest BCUT2D eigenvalue weighted by atomic mass is 9.89. The van der Waals surface area contributed by atoms with E-state index in [1.54, 1.807) is 0 Å². The summed E-state index contributed by atoms with van der Waals surface area (Å²) < 4.78 is 10.6. The Morgan fingerprint density at radius 3 is 2.48 bits per heavy atom. The molecule has 1 aromatic rings. The van der Waals surface area contributed by atoms with E-state index in [0.717, 1.165) is 12.8 Å². The molecule has 1 aliphatic carbocycles. The third kappa shape index (κ3) is 3.13. The molecule has 0 aliphatic heterocycles. The molecule has 0 radical (unpaired) electrons. The van der Waals surface area contributed by atoms with Crippen LogP contribution in [-0.4, -0.2) is 31.6 Å². The van der Waals surface area contributed by atoms with Gasteiger partial charge >= 0.3 is 5.97 Å². The van der Waals surface area contributed by atoms with E-state index < -0.39 is 5.97 Å². The first-order valence-electron chi connectivity index (χ1n) is 6.64. The van der Waals surface area contributed by atoms with Crippen molar-refractivity contribution in [3.63, 3.8) is 0 Å². The normalized spacial score (nSPS) is 15.4. The molecule has 1 saturated carbocycles. The predicted octanol–water partition coefficient (Wildman–Crippen LogP) is 3.14. The summed E-state index contributed by atoms with van der Waals surface area (Å²) in [7, 11) is 2.89. The standard InChI is InChI=1S/C15H17ClO5/c1-20-14-9(7-17)5-11(16)13(15(14)21-2)10(6-12(18)19)8-3-4-8/h5,7-8,10H,3-4,6H2,1-2H3,(H,18,19). The van der Waals surface area contributed by atoms with Crippen molar-refractivity contribution in [3.8, 4) is 11.5 Å². The maximum Gasteiger partial charge on any atom is 0.303 e. The average Bonchev–Trinajstić information content (AvgIpc) is 3.28. The molecule has 114 valence electrons. The van der Waals surface area contributed by atoms with Crippen molar-refractivity contribution in [2.45, 2.75) is 25.2 Å². The molecule has 2 rings (SSSR count). The van der Waals surface area contributed by atoms with Crippen LogP contribution in [0.15, 0.2) is 6.07 Å². The molecule has 6 heteroatoms. The number of methoxy groups -OCH3 is 2. The highest BCUT2D eigenvalue weighted by molar-refractivity contribution is 6.32. The van der Waals surface area contributed by atoms with Crippen LogP contribution in [0.1, 0.15) is 41.1 Å². The number of carbonyl (C=O) groups excluding carboxylic acids is 1. The fraction of sp³-hybridized carbons (Fsp3) is 0.467. The van der Waals surface area contributed by atoms with Gasteiger partial charge in [0.05, 0.1) is 26.2 Å². The monoisotopic (exact) mass is 312 g/mol. The Morgan fingerprint density at radius 1 is 1.43 bits per heavy atom. The summed E-state index contributed by atoms with van der Waals surface area (Å²) >= 11 is 6.28. The minimum atomic E-state index is -0.886. The minimum absolute atomic E-state index is 0.0235. The van der Waals surface area contributed by atoms with Crippen molar-refractivity contribution < 1.29 is 24.2 Å². The molecule has 1 aromatic carbocycles. The van der Waals surface area contributed by atoms with Crippen LogP contribution in [0.25, 0.3) is 0 Å². The SMILES string of the molecule is COc1c(C=O)cc(Cl)c(C(CC(=O)O)C2CC2)c1OC. The van der Waals surface area contributed by atoms with Gasteiger partial charge in [-0.25, -0.2) is 0 Å². The molecule has 0 heterocycles. The number of aliphatic carboxylic acids is 1. The van der Waals surface area contributed by atoms with Crippen molar-refractivity contribution >= 4 is 23.9 Å². The van der Waals surface area contributed by atoms with Crippen molar-refractivity contribution in [2.24, 2.45) is 5.92 Å². The second kappa shape index (κ2) is 6.35. The summed E-state index contributed by atoms with van der Waals surface area (Å²) in [4.78, 5) is 22.3. The largest absolute Gasteiger partial charge is 0.492 e. The highest BCUT2D eigenvalue weighted by Gasteiger charge is 2.38. The van der Waals surface area contributed by atoms with Crippen molar-refractivity contribution in [1.82, 2.24) is 0 Å². The molecule has 1 aliphatic rings. The minimum Gasteiger partial charge on any atom is -0.492 e. The van der Waals surface area contributed by atoms with Gasteiger partial charge < -0.3 is 14.6 Å². The van der Waals surface area contributed by atoms with Gasteiger partial charge in [0, 0.05) is 16.5 Å². The van der Waals surface area contributed by atoms with E-state index in [0.29, 0.717) is 28.4 Å². The fourth-order valence-corrected chi connectivity index (χ4v) is 3.02. The maximum absolute atomic E-state index is 11.1. The van der Waals surface area contributed by atoms with Crippen LogP contribution in [-0.2, 0) is 4.79 Å². The number of carboxylic acids is 1. The highest BCUT2D eigenvalue weighted by Crippen LogP contribution is 2.52. The summed E-state index contributed by atoms with van der Waals surface area (Å²) in [6.07, 6.45) is 2.55. The lowest BCUT2D eigenvalue weighted by molar-refractivity contribution is -0.137. The Morgan fingerprint density at radius 2 is 2.05 bits per heavy atom. The maximum atomic E-state index is 11.1. The van der Waals surface area contributed by atoms with E-state index in [2.05, 4.69) is 0 Å². The molecule has 0 spiro atoms. The lowest BCUT2D eigenvalue weighted by Crippen LogP contribution is -2.12. The van der Waals surface area contributed by atoms with Crippen LogP contribution in [0.4, 0.5) is 0 Å². The summed E-state index contributed by atoms with van der Waals surface area (Å²) in [6, 6.07) is 1.50. The zero-order chi connectivity index (χ0) is 15.6. The van der Waals surface area contributed by atoms with E-state index in [9.17, 15) is 9.59 Å². The molecule has 1 fully saturated rings. The number of rotatable bonds is 7. The number of halogens is 1. The van der Waals surface area contributed by atoms with Crippen molar-refractivity contribution in [2.75, 3.05) is 14.2 Å². The number of hydrogen-bond donors (Lipinski definition) is 1. The van der Waals surface area contributed by atoms with Crippen LogP contribution in [0.3, 0.4) is 0 Å². The van der Waals surface area contributed by atoms with E-state index in [1.165, 1.54) is 20.3 Å². The average molecular weight is 313 g/mol. The van der Waals surface area contributed by atoms with Crippen molar-refractivity contribution in [1.29, 1.82) is 0 Å². The number of carboxylic acid groups (broad SMARTS) is 1. The zero-order valence-corrected chi connectivity index (χ0v) is 12.6. The number of ether oxygens (including phenoxy) is 2. The number of benzene rings is 1. The van der Waals surface area contributed by atoms with E-state index >= 15 is 0 Å². The second-order valence-corrected chi connectivity index (χ2v) is 5.49. The van der Waals surface area contributed by atoms with Gasteiger partial charge in [-0.3, -0.25) is 9.59 Å². The Hall–Kier alpha value is -1.75. The summed E-state index contributed by atoms with van der Waals surface area (Å²) in [5.74, 6) is -0.199. The van der Waals surface area contributed by atoms with Crippen LogP contribution in [0.5, 0.6) is 11.5 Å². The molecule has 0 bridgehead atoms. The molecular weight excluding hydrogens is 296 g/mol. The molecule has 21 heavy (non-hydrogen) atoms. The molecule has 1 atom stereocenters. The van der Waals surface area contributed by atoms with Gasteiger partial charge in [-0.2, -0.15) is 0 Å². The van der Waals surface area contributed by atoms with Crippen LogP contribution in [0.2, 0.25) is 5.02 Å². The second-order valence-electron chi connectivity index (χ2n) is 5.09. The first kappa shape index (κ1) is 15.6. The van der Waals surface area contributed by atoms with Gasteiger partial charge in [-0.05, 0) is 24.8 Å². The molecule has 0 aromatic heterocycles. The van der Waals surface area contributed by atoms with Crippen LogP contribution in [0, 0.1) is 5.92 Å². The van der Waals surface area contributed by atoms with E-state index in [-0.39, 0.29) is 23.8 Å². The quantitative estimate of drug-likeness (QED) is 0.783. The summed E-state index contributed by atoms with van der Waals surface area (Å²) in [5.41, 5.74) is 0.902. The first-order valence-corrected chi connectivity index (χ1v) is 7.02. The molecule has 1 unspecified atom stereocenters. The lowest BCUT2D eigenvalue weighted by Gasteiger charge is -2.22. The molecule has 0 saturated heterocycles. The Kier molecular flexibility index (Phi) is 4.73. The van der Waals surface area contributed by atoms with Crippen molar-refractivity contribution in [3.05, 3.63) is 22.2 Å². The van der Waals surface area contributed by atoms with Crippen LogP contribution >= 0.6 is 11.6 Å². The molecule has 0 amide bonds. The van der Waals surface area contributed by atoms with Gasteiger partial charge in [0.15, 0.2) is 17.8 Å². The third-order valence-corrected chi connectivity index (χ3v) is 4.06. The van der Waals surface area contributed by atoms with E-state index in [1.807, 2.05) is 0 Å². The topological polar surface area (TPSA) is 72.8 Å². The zero-order valence-electron chi connectivity index (χ0n) is 11.9. The smallest absolute Gasteiger partial charge is 0.303 e. The first-order chi connectivity index (χ1) is 10.0. The third-order valence-electron chi connectivity index (χ3n) is 3.74. The van der Waals surface area contributed by atoms with E-state index in [4.69, 9.17) is 26.2 Å². The van der Waals surface area contributed by atoms with Gasteiger partial charge in [-0.15, -0.1) is 0 Å². The number of aldehydes is 1. The summed E-state index contributed by atoms with van der Waals surface area (Å²) in [6.45, 7) is 0. The number of hydrogen-bond acceptors (Lipinski definition) is 4. The number of carbonyl (C=O) groups is 2. The Bertz CT molecular complexity index is 566. The predicted molar refractivity (Wildman–Crippen MR) is 77.7 cm³/mol. The summed E-state index contributed by atoms with van der Waals surface area (Å²) in [5, 5.41) is 9.47. The molecule has 1 N–H and O–H groups in total. The van der Waals surface area contributed by atoms with Gasteiger partial charge in [0.2, 0.25) is 0 Å². The Balaban J connectivity index is 2.59. The van der Waals surface area contributed by atoms with Crippen LogP contribution < -0.4 is 9.47 Å². The van der Waals surface area contributed by atoms with Gasteiger partial charge in [0.25, 0.3) is 0 Å². The van der Waals surface area contributed by atoms with Gasteiger partial charge in [-0.1, -0.05) is 11.6 Å². The highest BCUT2D eigenvalue weighted by atomic mass is 35.5. The van der Waals surface area contributed by atoms with Gasteiger partial charge in [0.1, 0.15) is 0 Å². The fourth-order valence-electron chi connectivity index (χ4n) is 2.68.